The van der Waals surface area contributed by atoms with Gasteiger partial charge in [-0.1, -0.05) is 103 Å². The van der Waals surface area contributed by atoms with Crippen LogP contribution in [0.25, 0.3) is 0 Å². The van der Waals surface area contributed by atoms with Crippen molar-refractivity contribution in [2.75, 3.05) is 13.2 Å². The monoisotopic (exact) mass is 410 g/mol. The molecule has 1 rings (SSSR count). The van der Waals surface area contributed by atoms with E-state index < -0.39 is 0 Å². The highest BCUT2D eigenvalue weighted by Gasteiger charge is 2.07. The Balaban J connectivity index is 2.14. The zero-order valence-electron chi connectivity index (χ0n) is 18.9. The molecule has 0 N–H and O–H groups in total. The van der Waals surface area contributed by atoms with Gasteiger partial charge in [0, 0.05) is 12.8 Å². The Labute approximate surface area is 179 Å². The van der Waals surface area contributed by atoms with Gasteiger partial charge >= 0.3 is 11.9 Å². The summed E-state index contributed by atoms with van der Waals surface area (Å²) in [7, 11) is 0. The molecular weight excluding hydrogens is 364 g/mol. The van der Waals surface area contributed by atoms with Crippen molar-refractivity contribution in [2.45, 2.75) is 135 Å². The molecule has 0 unspecified atom stereocenters. The van der Waals surface area contributed by atoms with Gasteiger partial charge in [-0.3, -0.25) is 9.59 Å². The Morgan fingerprint density at radius 3 is 0.862 bits per heavy atom. The van der Waals surface area contributed by atoms with Crippen molar-refractivity contribution < 1.29 is 19.1 Å². The summed E-state index contributed by atoms with van der Waals surface area (Å²) in [5.41, 5.74) is 0. The zero-order valence-corrected chi connectivity index (χ0v) is 18.9. The standard InChI is InChI=1S/C25H46O4/c26-24-20-19-21-25(27)29-23-18-16-14-12-10-8-6-4-2-1-3-5-7-9-11-13-15-17-22-28-24/h1-23H2. The number of hydrogen-bond acceptors (Lipinski definition) is 4. The van der Waals surface area contributed by atoms with Gasteiger partial charge < -0.3 is 9.47 Å². The van der Waals surface area contributed by atoms with E-state index in [9.17, 15) is 9.59 Å². The molecule has 0 amide bonds. The molecular formula is C25H46O4. The highest BCUT2D eigenvalue weighted by molar-refractivity contribution is 5.72. The van der Waals surface area contributed by atoms with Crippen molar-refractivity contribution in [1.29, 1.82) is 0 Å². The van der Waals surface area contributed by atoms with Crippen LogP contribution in [0.4, 0.5) is 0 Å². The van der Waals surface area contributed by atoms with Crippen LogP contribution in [0, 0.1) is 0 Å². The van der Waals surface area contributed by atoms with Crippen molar-refractivity contribution in [3.63, 3.8) is 0 Å². The summed E-state index contributed by atoms with van der Waals surface area (Å²) in [5, 5.41) is 0. The molecule has 1 aliphatic rings. The van der Waals surface area contributed by atoms with E-state index in [0.717, 1.165) is 25.7 Å². The number of cyclic esters (lactones) is 2. The van der Waals surface area contributed by atoms with E-state index in [2.05, 4.69) is 0 Å². The molecule has 1 fully saturated rings. The van der Waals surface area contributed by atoms with Gasteiger partial charge in [-0.15, -0.1) is 0 Å². The van der Waals surface area contributed by atoms with E-state index in [0.29, 0.717) is 32.5 Å². The Hall–Kier alpha value is -1.06. The lowest BCUT2D eigenvalue weighted by molar-refractivity contribution is -0.145. The molecule has 0 bridgehead atoms. The van der Waals surface area contributed by atoms with Crippen LogP contribution in [0.5, 0.6) is 0 Å². The van der Waals surface area contributed by atoms with Crippen LogP contribution >= 0.6 is 0 Å². The molecule has 0 spiro atoms. The summed E-state index contributed by atoms with van der Waals surface area (Å²) in [4.78, 5) is 23.4. The number of rotatable bonds is 0. The van der Waals surface area contributed by atoms with Crippen LogP contribution in [0.2, 0.25) is 0 Å². The number of ether oxygens (including phenoxy) is 2. The van der Waals surface area contributed by atoms with E-state index >= 15 is 0 Å². The second-order valence-corrected chi connectivity index (χ2v) is 8.66. The molecule has 29 heavy (non-hydrogen) atoms. The third-order valence-electron chi connectivity index (χ3n) is 5.83. The van der Waals surface area contributed by atoms with Crippen LogP contribution in [0.15, 0.2) is 0 Å². The minimum Gasteiger partial charge on any atom is -0.466 e. The highest BCUT2D eigenvalue weighted by Crippen LogP contribution is 2.14. The van der Waals surface area contributed by atoms with Crippen molar-refractivity contribution >= 4 is 11.9 Å². The molecule has 1 aliphatic heterocycles. The molecule has 0 aromatic rings. The fraction of sp³-hybridized carbons (Fsp3) is 0.920. The van der Waals surface area contributed by atoms with Gasteiger partial charge in [0.15, 0.2) is 0 Å². The molecule has 170 valence electrons. The maximum absolute atomic E-state index is 11.7. The number of hydrogen-bond donors (Lipinski definition) is 0. The lowest BCUT2D eigenvalue weighted by Crippen LogP contribution is -2.09. The van der Waals surface area contributed by atoms with Crippen molar-refractivity contribution in [3.05, 3.63) is 0 Å². The van der Waals surface area contributed by atoms with E-state index in [-0.39, 0.29) is 11.9 Å². The number of carbonyl (C=O) groups excluding carboxylic acids is 2. The molecule has 1 heterocycles. The van der Waals surface area contributed by atoms with E-state index in [4.69, 9.17) is 9.47 Å². The third kappa shape index (κ3) is 18.7. The lowest BCUT2D eigenvalue weighted by atomic mass is 10.0. The zero-order chi connectivity index (χ0) is 20.8. The minimum atomic E-state index is -0.185. The number of carbonyl (C=O) groups is 2. The van der Waals surface area contributed by atoms with E-state index in [1.807, 2.05) is 0 Å². The van der Waals surface area contributed by atoms with Gasteiger partial charge in [0.2, 0.25) is 0 Å². The third-order valence-corrected chi connectivity index (χ3v) is 5.83. The SMILES string of the molecule is O=C1CCCC(=O)OCCCCCCCCCCCCCCCCCCCCO1. The molecule has 0 aliphatic carbocycles. The average Bonchev–Trinajstić information content (AvgIpc) is 2.71. The summed E-state index contributed by atoms with van der Waals surface area (Å²) in [6, 6.07) is 0. The summed E-state index contributed by atoms with van der Waals surface area (Å²) >= 11 is 0. The van der Waals surface area contributed by atoms with E-state index in [1.165, 1.54) is 89.9 Å². The average molecular weight is 411 g/mol. The highest BCUT2D eigenvalue weighted by atomic mass is 16.5. The summed E-state index contributed by atoms with van der Waals surface area (Å²) in [6.45, 7) is 1.03. The Bertz CT molecular complexity index is 358. The molecule has 0 aromatic carbocycles. The van der Waals surface area contributed by atoms with Crippen LogP contribution in [0.1, 0.15) is 135 Å². The van der Waals surface area contributed by atoms with Crippen LogP contribution in [0.3, 0.4) is 0 Å². The first-order valence-corrected chi connectivity index (χ1v) is 12.6. The Morgan fingerprint density at radius 2 is 0.586 bits per heavy atom. The van der Waals surface area contributed by atoms with Gasteiger partial charge in [-0.25, -0.2) is 0 Å². The van der Waals surface area contributed by atoms with Crippen LogP contribution in [-0.4, -0.2) is 25.2 Å². The van der Waals surface area contributed by atoms with Crippen molar-refractivity contribution in [1.82, 2.24) is 0 Å². The fourth-order valence-electron chi connectivity index (χ4n) is 3.93. The first-order chi connectivity index (χ1) is 14.3. The van der Waals surface area contributed by atoms with Crippen LogP contribution < -0.4 is 0 Å². The van der Waals surface area contributed by atoms with Crippen molar-refractivity contribution in [2.24, 2.45) is 0 Å². The quantitative estimate of drug-likeness (QED) is 0.394. The van der Waals surface area contributed by atoms with E-state index in [1.54, 1.807) is 0 Å². The lowest BCUT2D eigenvalue weighted by Gasteiger charge is -2.06. The molecule has 0 radical (unpaired) electrons. The fourth-order valence-corrected chi connectivity index (χ4v) is 3.93. The first-order valence-electron chi connectivity index (χ1n) is 12.6. The smallest absolute Gasteiger partial charge is 0.305 e. The van der Waals surface area contributed by atoms with Gasteiger partial charge in [-0.05, 0) is 19.3 Å². The van der Waals surface area contributed by atoms with Gasteiger partial charge in [0.1, 0.15) is 0 Å². The largest absolute Gasteiger partial charge is 0.466 e. The van der Waals surface area contributed by atoms with Gasteiger partial charge in [0.25, 0.3) is 0 Å². The Morgan fingerprint density at radius 1 is 0.345 bits per heavy atom. The number of esters is 2. The summed E-state index contributed by atoms with van der Waals surface area (Å²) < 4.78 is 10.5. The normalized spacial score (nSPS) is 22.8. The molecule has 0 saturated carbocycles. The molecule has 1 saturated heterocycles. The maximum atomic E-state index is 11.7. The molecule has 4 nitrogen and oxygen atoms in total. The van der Waals surface area contributed by atoms with Crippen molar-refractivity contribution in [3.8, 4) is 0 Å². The second kappa shape index (κ2) is 20.2. The summed E-state index contributed by atoms with van der Waals surface area (Å²) in [6.07, 6.45) is 24.3. The summed E-state index contributed by atoms with van der Waals surface area (Å²) in [5.74, 6) is -0.370. The first kappa shape index (κ1) is 26.0. The minimum absolute atomic E-state index is 0.185. The van der Waals surface area contributed by atoms with Gasteiger partial charge in [-0.2, -0.15) is 0 Å². The second-order valence-electron chi connectivity index (χ2n) is 8.66. The topological polar surface area (TPSA) is 52.6 Å². The predicted octanol–water partition coefficient (Wildman–Crippen LogP) is 7.28. The van der Waals surface area contributed by atoms with Crippen LogP contribution in [-0.2, 0) is 19.1 Å². The maximum Gasteiger partial charge on any atom is 0.305 e. The molecule has 0 aromatic heterocycles. The predicted molar refractivity (Wildman–Crippen MR) is 119 cm³/mol. The Kier molecular flexibility index (Phi) is 18.1. The molecule has 0 atom stereocenters. The van der Waals surface area contributed by atoms with Gasteiger partial charge in [0.05, 0.1) is 13.2 Å². The molecule has 4 heteroatoms.